The number of hydrogen-bond donors (Lipinski definition) is 2. The van der Waals surface area contributed by atoms with E-state index in [1.165, 1.54) is 0 Å². The van der Waals surface area contributed by atoms with Crippen molar-refractivity contribution in [3.63, 3.8) is 0 Å². The maximum atomic E-state index is 11.8. The highest BCUT2D eigenvalue weighted by molar-refractivity contribution is 6.35. The van der Waals surface area contributed by atoms with Gasteiger partial charge in [0.2, 0.25) is 0 Å². The molecule has 1 aromatic carbocycles. The van der Waals surface area contributed by atoms with Crippen molar-refractivity contribution in [3.05, 3.63) is 39.5 Å². The molecular formula is C13H13Cl2N3O2. The molecule has 2 N–H and O–H groups in total. The molecule has 0 radical (unpaired) electrons. The molecule has 5 nitrogen and oxygen atoms in total. The lowest BCUT2D eigenvalue weighted by Gasteiger charge is -2.08. The Hall–Kier alpha value is -1.72. The Kier molecular flexibility index (Phi) is 4.52. The number of hydrogen-bond acceptors (Lipinski definition) is 3. The van der Waals surface area contributed by atoms with Crippen molar-refractivity contribution in [2.24, 2.45) is 0 Å². The van der Waals surface area contributed by atoms with Gasteiger partial charge in [0, 0.05) is 16.3 Å². The molecule has 1 amide bonds. The molecule has 2 rings (SSSR count). The Morgan fingerprint density at radius 1 is 1.40 bits per heavy atom. The fourth-order valence-corrected chi connectivity index (χ4v) is 1.97. The number of anilines is 1. The van der Waals surface area contributed by atoms with Crippen molar-refractivity contribution in [2.75, 3.05) is 11.9 Å². The van der Waals surface area contributed by atoms with E-state index in [0.717, 1.165) is 11.3 Å². The maximum Gasteiger partial charge on any atom is 0.263 e. The van der Waals surface area contributed by atoms with Gasteiger partial charge in [-0.3, -0.25) is 9.89 Å². The highest BCUT2D eigenvalue weighted by Gasteiger charge is 2.11. The van der Waals surface area contributed by atoms with Crippen LogP contribution in [-0.4, -0.2) is 22.7 Å². The molecule has 0 fully saturated rings. The third-order valence-corrected chi connectivity index (χ3v) is 3.29. The first-order valence-electron chi connectivity index (χ1n) is 5.86. The van der Waals surface area contributed by atoms with Crippen LogP contribution in [0.15, 0.2) is 18.2 Å². The molecule has 0 saturated heterocycles. The average Bonchev–Trinajstić information content (AvgIpc) is 2.70. The van der Waals surface area contributed by atoms with Gasteiger partial charge in [0.15, 0.2) is 12.4 Å². The molecule has 0 aliphatic rings. The zero-order valence-corrected chi connectivity index (χ0v) is 12.5. The minimum absolute atomic E-state index is 0.160. The number of aromatic amines is 1. The van der Waals surface area contributed by atoms with Crippen LogP contribution in [0.25, 0.3) is 0 Å². The number of rotatable bonds is 4. The number of H-pyrrole nitrogens is 1. The summed E-state index contributed by atoms with van der Waals surface area (Å²) in [6.07, 6.45) is 0. The molecule has 20 heavy (non-hydrogen) atoms. The standard InChI is InChI=1S/C13H13Cl2N3O2/c1-7-8(2)17-18-13(7)16-12(19)6-20-11-4-3-9(14)5-10(11)15/h3-5H,6H2,1-2H3,(H2,16,17,18,19). The van der Waals surface area contributed by atoms with E-state index >= 15 is 0 Å². The second kappa shape index (κ2) is 6.15. The first-order valence-corrected chi connectivity index (χ1v) is 6.62. The van der Waals surface area contributed by atoms with Gasteiger partial charge in [-0.1, -0.05) is 23.2 Å². The van der Waals surface area contributed by atoms with Crippen LogP contribution in [0.1, 0.15) is 11.3 Å². The molecule has 7 heteroatoms. The number of aryl methyl sites for hydroxylation is 1. The van der Waals surface area contributed by atoms with Crippen LogP contribution >= 0.6 is 23.2 Å². The minimum atomic E-state index is -0.314. The quantitative estimate of drug-likeness (QED) is 0.909. The number of aromatic nitrogens is 2. The van der Waals surface area contributed by atoms with Crippen LogP contribution in [0.2, 0.25) is 10.0 Å². The first-order chi connectivity index (χ1) is 9.47. The second-order valence-corrected chi connectivity index (χ2v) is 5.08. The van der Waals surface area contributed by atoms with Crippen LogP contribution in [0.4, 0.5) is 5.82 Å². The van der Waals surface area contributed by atoms with Crippen LogP contribution in [0, 0.1) is 13.8 Å². The van der Waals surface area contributed by atoms with Crippen molar-refractivity contribution < 1.29 is 9.53 Å². The average molecular weight is 314 g/mol. The van der Waals surface area contributed by atoms with Crippen LogP contribution in [0.5, 0.6) is 5.75 Å². The van der Waals surface area contributed by atoms with Gasteiger partial charge in [-0.15, -0.1) is 0 Å². The number of carbonyl (C=O) groups is 1. The fourth-order valence-electron chi connectivity index (χ4n) is 1.51. The van der Waals surface area contributed by atoms with Crippen molar-refractivity contribution >= 4 is 34.9 Å². The number of carbonyl (C=O) groups excluding carboxylic acids is 1. The van der Waals surface area contributed by atoms with E-state index < -0.39 is 0 Å². The number of nitrogens with one attached hydrogen (secondary N) is 2. The Bertz CT molecular complexity index is 641. The highest BCUT2D eigenvalue weighted by Crippen LogP contribution is 2.27. The number of nitrogens with zero attached hydrogens (tertiary/aromatic N) is 1. The summed E-state index contributed by atoms with van der Waals surface area (Å²) in [7, 11) is 0. The van der Waals surface area contributed by atoms with Gasteiger partial charge >= 0.3 is 0 Å². The number of amides is 1. The van der Waals surface area contributed by atoms with E-state index in [1.54, 1.807) is 18.2 Å². The summed E-state index contributed by atoms with van der Waals surface area (Å²) >= 11 is 11.7. The summed E-state index contributed by atoms with van der Waals surface area (Å²) in [5.41, 5.74) is 1.80. The second-order valence-electron chi connectivity index (χ2n) is 4.23. The van der Waals surface area contributed by atoms with Gasteiger partial charge in [-0.25, -0.2) is 0 Å². The van der Waals surface area contributed by atoms with E-state index in [1.807, 2.05) is 13.8 Å². The molecule has 1 aromatic heterocycles. The number of halogens is 2. The van der Waals surface area contributed by atoms with Gasteiger partial charge < -0.3 is 10.1 Å². The summed E-state index contributed by atoms with van der Waals surface area (Å²) in [4.78, 5) is 11.8. The lowest BCUT2D eigenvalue weighted by Crippen LogP contribution is -2.20. The largest absolute Gasteiger partial charge is 0.482 e. The smallest absolute Gasteiger partial charge is 0.263 e. The minimum Gasteiger partial charge on any atom is -0.482 e. The Balaban J connectivity index is 1.94. The molecular weight excluding hydrogens is 301 g/mol. The van der Waals surface area contributed by atoms with Gasteiger partial charge in [0.05, 0.1) is 5.02 Å². The summed E-state index contributed by atoms with van der Waals surface area (Å²) in [6.45, 7) is 3.58. The predicted molar refractivity (Wildman–Crippen MR) is 78.6 cm³/mol. The zero-order valence-electron chi connectivity index (χ0n) is 11.0. The third kappa shape index (κ3) is 3.43. The third-order valence-electron chi connectivity index (χ3n) is 2.76. The lowest BCUT2D eigenvalue weighted by molar-refractivity contribution is -0.118. The SMILES string of the molecule is Cc1[nH]nc(NC(=O)COc2ccc(Cl)cc2Cl)c1C. The van der Waals surface area contributed by atoms with E-state index in [-0.39, 0.29) is 12.5 Å². The molecule has 1 heterocycles. The molecule has 0 aliphatic heterocycles. The first kappa shape index (κ1) is 14.7. The summed E-state index contributed by atoms with van der Waals surface area (Å²) in [5, 5.41) is 10.3. The monoisotopic (exact) mass is 313 g/mol. The molecule has 2 aromatic rings. The Morgan fingerprint density at radius 2 is 2.15 bits per heavy atom. The fraction of sp³-hybridized carbons (Fsp3) is 0.231. The molecule has 0 aliphatic carbocycles. The molecule has 0 atom stereocenters. The van der Waals surface area contributed by atoms with Crippen molar-refractivity contribution in [2.45, 2.75) is 13.8 Å². The van der Waals surface area contributed by atoms with Gasteiger partial charge in [-0.05, 0) is 32.0 Å². The van der Waals surface area contributed by atoms with Crippen LogP contribution < -0.4 is 10.1 Å². The molecule has 0 spiro atoms. The maximum absolute atomic E-state index is 11.8. The number of benzene rings is 1. The van der Waals surface area contributed by atoms with E-state index in [0.29, 0.717) is 21.6 Å². The summed E-state index contributed by atoms with van der Waals surface area (Å²) in [5.74, 6) is 0.588. The van der Waals surface area contributed by atoms with Crippen molar-refractivity contribution in [1.29, 1.82) is 0 Å². The van der Waals surface area contributed by atoms with E-state index in [9.17, 15) is 4.79 Å². The van der Waals surface area contributed by atoms with Crippen LogP contribution in [0.3, 0.4) is 0 Å². The molecule has 0 saturated carbocycles. The van der Waals surface area contributed by atoms with Crippen molar-refractivity contribution in [1.82, 2.24) is 10.2 Å². The Morgan fingerprint density at radius 3 is 2.75 bits per heavy atom. The number of ether oxygens (including phenoxy) is 1. The van der Waals surface area contributed by atoms with E-state index in [4.69, 9.17) is 27.9 Å². The molecule has 0 unspecified atom stereocenters. The topological polar surface area (TPSA) is 67.0 Å². The highest BCUT2D eigenvalue weighted by atomic mass is 35.5. The predicted octanol–water partition coefficient (Wildman–Crippen LogP) is 3.35. The normalized spacial score (nSPS) is 10.4. The lowest BCUT2D eigenvalue weighted by atomic mass is 10.3. The molecule has 0 bridgehead atoms. The van der Waals surface area contributed by atoms with Gasteiger partial charge in [0.25, 0.3) is 5.91 Å². The Labute approximate surface area is 126 Å². The van der Waals surface area contributed by atoms with Gasteiger partial charge in [-0.2, -0.15) is 5.10 Å². The summed E-state index contributed by atoms with van der Waals surface area (Å²) in [6, 6.07) is 4.81. The van der Waals surface area contributed by atoms with Crippen LogP contribution in [-0.2, 0) is 4.79 Å². The summed E-state index contributed by atoms with van der Waals surface area (Å²) < 4.78 is 5.33. The molecule has 106 valence electrons. The zero-order chi connectivity index (χ0) is 14.7. The van der Waals surface area contributed by atoms with Crippen molar-refractivity contribution in [3.8, 4) is 5.75 Å². The van der Waals surface area contributed by atoms with Gasteiger partial charge in [0.1, 0.15) is 5.75 Å². The van der Waals surface area contributed by atoms with E-state index in [2.05, 4.69) is 15.5 Å².